The molecule has 1 unspecified atom stereocenters. The highest BCUT2D eigenvalue weighted by Gasteiger charge is 2.13. The van der Waals surface area contributed by atoms with Gasteiger partial charge in [-0.2, -0.15) is 0 Å². The number of rotatable bonds is 4. The summed E-state index contributed by atoms with van der Waals surface area (Å²) < 4.78 is 0.960. The quantitative estimate of drug-likeness (QED) is 0.804. The average Bonchev–Trinajstić information content (AvgIpc) is 2.22. The minimum Gasteiger partial charge on any atom is -0.325 e. The summed E-state index contributed by atoms with van der Waals surface area (Å²) >= 11 is 8.01. The number of carbonyl (C=O) groups excluding carboxylic acids is 1. The average molecular weight is 352 g/mol. The first-order valence-electron chi connectivity index (χ1n) is 5.30. The number of amides is 1. The maximum Gasteiger partial charge on any atom is 0.227 e. The van der Waals surface area contributed by atoms with Crippen LogP contribution >= 0.6 is 34.2 Å². The van der Waals surface area contributed by atoms with Crippen molar-refractivity contribution in [2.45, 2.75) is 26.7 Å². The molecule has 1 aromatic carbocycles. The third-order valence-electron chi connectivity index (χ3n) is 2.36. The van der Waals surface area contributed by atoms with E-state index in [4.69, 9.17) is 11.6 Å². The van der Waals surface area contributed by atoms with Crippen LogP contribution in [-0.4, -0.2) is 5.91 Å². The lowest BCUT2D eigenvalue weighted by Crippen LogP contribution is -2.20. The Balaban J connectivity index is 2.69. The molecule has 0 aliphatic rings. The maximum absolute atomic E-state index is 11.8. The van der Waals surface area contributed by atoms with Crippen molar-refractivity contribution in [1.82, 2.24) is 0 Å². The highest BCUT2D eigenvalue weighted by atomic mass is 127. The molecule has 16 heavy (non-hydrogen) atoms. The summed E-state index contributed by atoms with van der Waals surface area (Å²) in [5.74, 6) is 0.124. The van der Waals surface area contributed by atoms with E-state index in [0.717, 1.165) is 22.1 Å². The zero-order valence-electron chi connectivity index (χ0n) is 9.39. The molecule has 1 aromatic rings. The third-order valence-corrected chi connectivity index (χ3v) is 3.49. The number of carbonyl (C=O) groups is 1. The monoisotopic (exact) mass is 351 g/mol. The van der Waals surface area contributed by atoms with Crippen molar-refractivity contribution in [1.29, 1.82) is 0 Å². The van der Waals surface area contributed by atoms with Crippen molar-refractivity contribution in [3.63, 3.8) is 0 Å². The van der Waals surface area contributed by atoms with E-state index in [1.165, 1.54) is 0 Å². The van der Waals surface area contributed by atoms with E-state index in [1.54, 1.807) is 6.07 Å². The van der Waals surface area contributed by atoms with Crippen LogP contribution in [0.5, 0.6) is 0 Å². The highest BCUT2D eigenvalue weighted by molar-refractivity contribution is 14.1. The lowest BCUT2D eigenvalue weighted by molar-refractivity contribution is -0.119. The molecule has 88 valence electrons. The Bertz CT molecular complexity index is 381. The van der Waals surface area contributed by atoms with Crippen LogP contribution in [0.4, 0.5) is 5.69 Å². The summed E-state index contributed by atoms with van der Waals surface area (Å²) in [5, 5.41) is 3.60. The van der Waals surface area contributed by atoms with Crippen molar-refractivity contribution in [3.05, 3.63) is 26.8 Å². The van der Waals surface area contributed by atoms with Gasteiger partial charge in [0.2, 0.25) is 5.91 Å². The number of nitrogens with one attached hydrogen (secondary N) is 1. The van der Waals surface area contributed by atoms with Crippen LogP contribution in [0.3, 0.4) is 0 Å². The van der Waals surface area contributed by atoms with Gasteiger partial charge in [-0.15, -0.1) is 0 Å². The summed E-state index contributed by atoms with van der Waals surface area (Å²) in [7, 11) is 0. The zero-order chi connectivity index (χ0) is 12.1. The van der Waals surface area contributed by atoms with E-state index in [-0.39, 0.29) is 11.8 Å². The molecular formula is C12H15ClINO. The summed E-state index contributed by atoms with van der Waals surface area (Å²) in [5.41, 5.74) is 0.831. The Kier molecular flexibility index (Phi) is 5.55. The van der Waals surface area contributed by atoms with E-state index >= 15 is 0 Å². The van der Waals surface area contributed by atoms with Gasteiger partial charge in [-0.3, -0.25) is 4.79 Å². The van der Waals surface area contributed by atoms with Gasteiger partial charge in [0.15, 0.2) is 0 Å². The van der Waals surface area contributed by atoms with E-state index in [1.807, 2.05) is 19.1 Å². The normalized spacial score (nSPS) is 12.2. The Morgan fingerprint density at radius 1 is 1.56 bits per heavy atom. The minimum atomic E-state index is 0.0523. The first kappa shape index (κ1) is 13.8. The maximum atomic E-state index is 11.8. The molecule has 0 spiro atoms. The van der Waals surface area contributed by atoms with Crippen molar-refractivity contribution in [3.8, 4) is 0 Å². The highest BCUT2D eigenvalue weighted by Crippen LogP contribution is 2.23. The van der Waals surface area contributed by atoms with Crippen molar-refractivity contribution in [2.24, 2.45) is 5.92 Å². The fourth-order valence-electron chi connectivity index (χ4n) is 1.41. The topological polar surface area (TPSA) is 29.1 Å². The lowest BCUT2D eigenvalue weighted by atomic mass is 10.1. The smallest absolute Gasteiger partial charge is 0.227 e. The van der Waals surface area contributed by atoms with Crippen LogP contribution in [0.15, 0.2) is 18.2 Å². The Morgan fingerprint density at radius 3 is 2.81 bits per heavy atom. The molecule has 1 atom stereocenters. The van der Waals surface area contributed by atoms with E-state index in [9.17, 15) is 4.79 Å². The number of hydrogen-bond donors (Lipinski definition) is 1. The first-order chi connectivity index (χ1) is 7.54. The second-order valence-corrected chi connectivity index (χ2v) is 5.40. The van der Waals surface area contributed by atoms with E-state index in [2.05, 4.69) is 34.8 Å². The fraction of sp³-hybridized carbons (Fsp3) is 0.417. The zero-order valence-corrected chi connectivity index (χ0v) is 12.3. The third kappa shape index (κ3) is 3.94. The SMILES string of the molecule is CCCC(C)C(=O)Nc1ccc(Cl)cc1I. The minimum absolute atomic E-state index is 0.0523. The molecule has 0 bridgehead atoms. The second-order valence-electron chi connectivity index (χ2n) is 3.80. The molecule has 1 N–H and O–H groups in total. The molecular weight excluding hydrogens is 336 g/mol. The van der Waals surface area contributed by atoms with Gasteiger partial charge in [-0.1, -0.05) is 31.9 Å². The van der Waals surface area contributed by atoms with Crippen LogP contribution in [0, 0.1) is 9.49 Å². The summed E-state index contributed by atoms with van der Waals surface area (Å²) in [6, 6.07) is 5.45. The van der Waals surface area contributed by atoms with Gasteiger partial charge < -0.3 is 5.32 Å². The van der Waals surface area contributed by atoms with Gasteiger partial charge in [0, 0.05) is 14.5 Å². The van der Waals surface area contributed by atoms with E-state index in [0.29, 0.717) is 5.02 Å². The van der Waals surface area contributed by atoms with Crippen molar-refractivity contribution >= 4 is 45.8 Å². The van der Waals surface area contributed by atoms with Crippen molar-refractivity contribution < 1.29 is 4.79 Å². The predicted molar refractivity (Wildman–Crippen MR) is 76.9 cm³/mol. The number of anilines is 1. The molecule has 0 radical (unpaired) electrons. The number of halogens is 2. The standard InChI is InChI=1S/C12H15ClINO/c1-3-4-8(2)12(16)15-11-6-5-9(13)7-10(11)14/h5-8H,3-4H2,1-2H3,(H,15,16). The van der Waals surface area contributed by atoms with Crippen molar-refractivity contribution in [2.75, 3.05) is 5.32 Å². The number of benzene rings is 1. The van der Waals surface area contributed by atoms with Gasteiger partial charge in [0.25, 0.3) is 0 Å². The molecule has 0 fully saturated rings. The Morgan fingerprint density at radius 2 is 2.25 bits per heavy atom. The van der Waals surface area contributed by atoms with Crippen LogP contribution in [0.25, 0.3) is 0 Å². The Hall–Kier alpha value is -0.290. The molecule has 0 heterocycles. The Labute approximate surface area is 115 Å². The molecule has 0 aliphatic carbocycles. The van der Waals surface area contributed by atoms with Crippen LogP contribution in [0.2, 0.25) is 5.02 Å². The molecule has 0 aliphatic heterocycles. The first-order valence-corrected chi connectivity index (χ1v) is 6.76. The van der Waals surface area contributed by atoms with Gasteiger partial charge in [0.1, 0.15) is 0 Å². The summed E-state index contributed by atoms with van der Waals surface area (Å²) in [4.78, 5) is 11.8. The number of hydrogen-bond acceptors (Lipinski definition) is 1. The predicted octanol–water partition coefficient (Wildman–Crippen LogP) is 4.32. The molecule has 0 saturated carbocycles. The molecule has 0 aromatic heterocycles. The lowest BCUT2D eigenvalue weighted by Gasteiger charge is -2.12. The van der Waals surface area contributed by atoms with Crippen LogP contribution in [-0.2, 0) is 4.79 Å². The summed E-state index contributed by atoms with van der Waals surface area (Å²) in [6.45, 7) is 4.03. The largest absolute Gasteiger partial charge is 0.325 e. The van der Waals surface area contributed by atoms with Gasteiger partial charge in [0.05, 0.1) is 5.69 Å². The van der Waals surface area contributed by atoms with Gasteiger partial charge >= 0.3 is 0 Å². The molecule has 0 saturated heterocycles. The van der Waals surface area contributed by atoms with Gasteiger partial charge in [-0.25, -0.2) is 0 Å². The van der Waals surface area contributed by atoms with Crippen LogP contribution < -0.4 is 5.32 Å². The van der Waals surface area contributed by atoms with E-state index < -0.39 is 0 Å². The molecule has 2 nitrogen and oxygen atoms in total. The second kappa shape index (κ2) is 6.45. The van der Waals surface area contributed by atoms with Crippen LogP contribution in [0.1, 0.15) is 26.7 Å². The fourth-order valence-corrected chi connectivity index (χ4v) is 2.42. The molecule has 1 amide bonds. The van der Waals surface area contributed by atoms with Gasteiger partial charge in [-0.05, 0) is 47.2 Å². The molecule has 1 rings (SSSR count). The summed E-state index contributed by atoms with van der Waals surface area (Å²) in [6.07, 6.45) is 1.93. The molecule has 4 heteroatoms.